The summed E-state index contributed by atoms with van der Waals surface area (Å²) in [6, 6.07) is 6.69. The highest BCUT2D eigenvalue weighted by molar-refractivity contribution is 6.29. The van der Waals surface area contributed by atoms with Gasteiger partial charge in [0.1, 0.15) is 11.2 Å². The second kappa shape index (κ2) is 6.63. The van der Waals surface area contributed by atoms with Crippen molar-refractivity contribution < 1.29 is 13.6 Å². The molecule has 5 rings (SSSR count). The van der Waals surface area contributed by atoms with Gasteiger partial charge < -0.3 is 14.3 Å². The smallest absolute Gasteiger partial charge is 0.312 e. The van der Waals surface area contributed by atoms with Gasteiger partial charge in [0, 0.05) is 18.7 Å². The third-order valence-electron chi connectivity index (χ3n) is 5.04. The van der Waals surface area contributed by atoms with Crippen LogP contribution in [-0.2, 0) is 12.1 Å². The minimum atomic E-state index is -1.85. The van der Waals surface area contributed by atoms with Crippen molar-refractivity contribution >= 4 is 23.0 Å². The number of halogens is 2. The summed E-state index contributed by atoms with van der Waals surface area (Å²) < 4.78 is 21.1. The van der Waals surface area contributed by atoms with E-state index in [1.165, 1.54) is 13.8 Å². The van der Waals surface area contributed by atoms with Crippen molar-refractivity contribution in [3.63, 3.8) is 0 Å². The fourth-order valence-corrected chi connectivity index (χ4v) is 3.81. The molecule has 0 bridgehead atoms. The monoisotopic (exact) mass is 429 g/mol. The number of nitrogens with zero attached hydrogens (tertiary/aromatic N) is 6. The predicted octanol–water partition coefficient (Wildman–Crippen LogP) is 3.09. The van der Waals surface area contributed by atoms with Crippen LogP contribution in [0.15, 0.2) is 35.0 Å². The number of nitrogens with one attached hydrogen (secondary N) is 1. The molecule has 0 aromatic carbocycles. The summed E-state index contributed by atoms with van der Waals surface area (Å²) in [6.07, 6.45) is 2.16. The molecule has 0 fully saturated rings. The van der Waals surface area contributed by atoms with Crippen LogP contribution in [0.1, 0.15) is 53.5 Å². The Morgan fingerprint density at radius 3 is 2.93 bits per heavy atom. The number of rotatable bonds is 3. The zero-order valence-corrected chi connectivity index (χ0v) is 16.9. The van der Waals surface area contributed by atoms with E-state index in [0.717, 1.165) is 11.2 Å². The number of carbonyl (C=O) groups excluding carboxylic acids is 1. The molecule has 1 amide bonds. The summed E-state index contributed by atoms with van der Waals surface area (Å²) in [5.41, 5.74) is 1.13. The number of amides is 1. The Morgan fingerprint density at radius 2 is 2.20 bits per heavy atom. The molecular weight excluding hydrogens is 413 g/mol. The van der Waals surface area contributed by atoms with Gasteiger partial charge in [-0.2, -0.15) is 5.10 Å². The summed E-state index contributed by atoms with van der Waals surface area (Å²) in [7, 11) is 0. The van der Waals surface area contributed by atoms with Crippen molar-refractivity contribution in [1.82, 2.24) is 34.7 Å². The van der Waals surface area contributed by atoms with E-state index in [2.05, 4.69) is 25.3 Å². The highest BCUT2D eigenvalue weighted by atomic mass is 35.5. The topological polar surface area (TPSA) is 105 Å². The van der Waals surface area contributed by atoms with Crippen LogP contribution in [0.3, 0.4) is 0 Å². The Balaban J connectivity index is 1.59. The molecule has 154 valence electrons. The van der Waals surface area contributed by atoms with Gasteiger partial charge in [0.2, 0.25) is 0 Å². The maximum atomic E-state index is 14.1. The molecule has 9 nitrogen and oxygen atoms in total. The maximum Gasteiger partial charge on any atom is 0.312 e. The van der Waals surface area contributed by atoms with Crippen LogP contribution in [0, 0.1) is 0 Å². The minimum absolute atomic E-state index is 0.251. The molecule has 1 N–H and O–H groups in total. The Bertz CT molecular complexity index is 1260. The van der Waals surface area contributed by atoms with Crippen molar-refractivity contribution in [3.8, 4) is 0 Å². The van der Waals surface area contributed by atoms with Crippen molar-refractivity contribution in [1.29, 1.82) is 0 Å². The second-order valence-corrected chi connectivity index (χ2v) is 7.94. The highest BCUT2D eigenvalue weighted by Gasteiger charge is 2.39. The van der Waals surface area contributed by atoms with Gasteiger partial charge in [-0.1, -0.05) is 17.7 Å². The van der Waals surface area contributed by atoms with Crippen LogP contribution >= 0.6 is 11.6 Å². The van der Waals surface area contributed by atoms with E-state index in [-0.39, 0.29) is 11.8 Å². The minimum Gasteiger partial charge on any atom is -0.413 e. The first-order chi connectivity index (χ1) is 14.3. The van der Waals surface area contributed by atoms with E-state index in [9.17, 15) is 9.18 Å². The first kappa shape index (κ1) is 18.7. The van der Waals surface area contributed by atoms with Crippen LogP contribution in [0.2, 0.25) is 5.15 Å². The van der Waals surface area contributed by atoms with Gasteiger partial charge in [-0.25, -0.2) is 13.9 Å². The second-order valence-electron chi connectivity index (χ2n) is 7.56. The average Bonchev–Trinajstić information content (AvgIpc) is 3.44. The van der Waals surface area contributed by atoms with Crippen LogP contribution in [0.5, 0.6) is 0 Å². The zero-order valence-electron chi connectivity index (χ0n) is 16.1. The number of pyridine rings is 1. The molecule has 5 heterocycles. The molecule has 0 saturated heterocycles. The van der Waals surface area contributed by atoms with Gasteiger partial charge in [0.05, 0.1) is 23.2 Å². The highest BCUT2D eigenvalue weighted by Crippen LogP contribution is 2.35. The quantitative estimate of drug-likeness (QED) is 0.502. The molecule has 1 aliphatic rings. The summed E-state index contributed by atoms with van der Waals surface area (Å²) in [5.74, 6) is -1.04. The molecular formula is C19H17ClFN7O2. The largest absolute Gasteiger partial charge is 0.413 e. The molecule has 0 radical (unpaired) electrons. The van der Waals surface area contributed by atoms with Crippen LogP contribution in [0.25, 0.3) is 5.52 Å². The number of H-pyrrole nitrogens is 1. The van der Waals surface area contributed by atoms with E-state index >= 15 is 0 Å². The number of aromatic amines is 1. The molecule has 0 saturated carbocycles. The van der Waals surface area contributed by atoms with Gasteiger partial charge >= 0.3 is 11.8 Å². The summed E-state index contributed by atoms with van der Waals surface area (Å²) in [5, 5.41) is 12.5. The molecule has 1 atom stereocenters. The van der Waals surface area contributed by atoms with E-state index in [1.54, 1.807) is 21.8 Å². The third-order valence-corrected chi connectivity index (χ3v) is 5.33. The SMILES string of the molecule is CC(C)(F)c1nnc(C(=O)N2CCc3[nH]cnc3[C@H]2c2cc3cccc(Cl)n3n2)o1. The van der Waals surface area contributed by atoms with Gasteiger partial charge in [-0.05, 0) is 32.0 Å². The number of aromatic nitrogens is 6. The normalized spacial score (nSPS) is 16.8. The molecule has 0 aliphatic carbocycles. The van der Waals surface area contributed by atoms with Gasteiger partial charge in [0.25, 0.3) is 5.89 Å². The lowest BCUT2D eigenvalue weighted by atomic mass is 9.99. The summed E-state index contributed by atoms with van der Waals surface area (Å²) in [6.45, 7) is 2.95. The fourth-order valence-electron chi connectivity index (χ4n) is 3.60. The van der Waals surface area contributed by atoms with Crippen molar-refractivity contribution in [2.45, 2.75) is 32.0 Å². The van der Waals surface area contributed by atoms with Crippen LogP contribution in [-0.4, -0.2) is 47.1 Å². The Morgan fingerprint density at radius 1 is 1.37 bits per heavy atom. The predicted molar refractivity (Wildman–Crippen MR) is 104 cm³/mol. The number of fused-ring (bicyclic) bond motifs is 2. The summed E-state index contributed by atoms with van der Waals surface area (Å²) >= 11 is 6.26. The molecule has 30 heavy (non-hydrogen) atoms. The Hall–Kier alpha value is -3.27. The first-order valence-corrected chi connectivity index (χ1v) is 9.71. The zero-order chi connectivity index (χ0) is 21.0. The van der Waals surface area contributed by atoms with Crippen molar-refractivity contribution in [3.05, 3.63) is 64.6 Å². The van der Waals surface area contributed by atoms with Crippen molar-refractivity contribution in [2.75, 3.05) is 6.54 Å². The van der Waals surface area contributed by atoms with E-state index in [1.807, 2.05) is 18.2 Å². The number of hydrogen-bond acceptors (Lipinski definition) is 6. The number of imidazole rings is 1. The Kier molecular flexibility index (Phi) is 4.14. The van der Waals surface area contributed by atoms with Gasteiger partial charge in [-0.3, -0.25) is 4.79 Å². The molecule has 4 aromatic heterocycles. The molecule has 1 aliphatic heterocycles. The average molecular weight is 430 g/mol. The van der Waals surface area contributed by atoms with Crippen LogP contribution in [0.4, 0.5) is 4.39 Å². The number of carbonyl (C=O) groups is 1. The molecule has 0 spiro atoms. The first-order valence-electron chi connectivity index (χ1n) is 9.33. The molecule has 0 unspecified atom stereocenters. The van der Waals surface area contributed by atoms with Gasteiger partial charge in [0.15, 0.2) is 5.67 Å². The van der Waals surface area contributed by atoms with Crippen molar-refractivity contribution in [2.24, 2.45) is 0 Å². The maximum absolute atomic E-state index is 14.1. The third kappa shape index (κ3) is 2.95. The fraction of sp³-hybridized carbons (Fsp3) is 0.316. The number of alkyl halides is 1. The lowest BCUT2D eigenvalue weighted by Crippen LogP contribution is -2.41. The van der Waals surface area contributed by atoms with Crippen LogP contribution < -0.4 is 0 Å². The standard InChI is InChI=1S/C19H17ClFN7O2/c1-19(2,21)18-25-24-16(30-18)17(29)27-7-6-11-14(23-9-22-11)15(27)12-8-10-4-3-5-13(20)28(10)26-12/h3-5,8-9,15H,6-7H2,1-2H3,(H,22,23)/t15-/m1/s1. The van der Waals surface area contributed by atoms with E-state index in [4.69, 9.17) is 16.0 Å². The van der Waals surface area contributed by atoms with E-state index in [0.29, 0.717) is 29.5 Å². The lowest BCUT2D eigenvalue weighted by Gasteiger charge is -2.32. The van der Waals surface area contributed by atoms with E-state index < -0.39 is 17.6 Å². The lowest BCUT2D eigenvalue weighted by molar-refractivity contribution is 0.0636. The molecule has 4 aromatic rings. The summed E-state index contributed by atoms with van der Waals surface area (Å²) in [4.78, 5) is 22.3. The Labute approximate surface area is 174 Å². The number of hydrogen-bond donors (Lipinski definition) is 1. The van der Waals surface area contributed by atoms with Gasteiger partial charge in [-0.15, -0.1) is 10.2 Å². The molecule has 11 heteroatoms.